The van der Waals surface area contributed by atoms with Gasteiger partial charge in [0.25, 0.3) is 5.91 Å². The largest absolute Gasteiger partial charge is 0.494 e. The summed E-state index contributed by atoms with van der Waals surface area (Å²) in [6.07, 6.45) is 0.0404. The van der Waals surface area contributed by atoms with Gasteiger partial charge in [-0.25, -0.2) is 0 Å². The lowest BCUT2D eigenvalue weighted by Gasteiger charge is -2.12. The predicted octanol–water partition coefficient (Wildman–Crippen LogP) is 4.00. The Hall–Kier alpha value is -2.60. The summed E-state index contributed by atoms with van der Waals surface area (Å²) >= 11 is 5.21. The summed E-state index contributed by atoms with van der Waals surface area (Å²) in [6, 6.07) is 14.4. The maximum Gasteiger partial charge on any atom is 0.257 e. The molecule has 2 N–H and O–H groups in total. The van der Waals surface area contributed by atoms with Crippen LogP contribution in [0.15, 0.2) is 48.5 Å². The molecular formula is C19H22N2O3S. The molecule has 0 heterocycles. The van der Waals surface area contributed by atoms with Crippen LogP contribution in [0.5, 0.6) is 11.5 Å². The van der Waals surface area contributed by atoms with Crippen molar-refractivity contribution in [2.45, 2.75) is 26.9 Å². The number of ether oxygens (including phenoxy) is 2. The standard InChI is InChI=1S/C19H22N2O3S/c1-4-23-16-9-6-8-15(12-16)20-19(25)21-18(22)14-7-5-10-17(11-14)24-13(2)3/h5-13H,4H2,1-3H3,(H2,20,21,22,25). The first-order chi connectivity index (χ1) is 12.0. The Bertz CT molecular complexity index is 747. The van der Waals surface area contributed by atoms with Crippen molar-refractivity contribution in [2.24, 2.45) is 0 Å². The van der Waals surface area contributed by atoms with Crippen LogP contribution >= 0.6 is 12.2 Å². The fraction of sp³-hybridized carbons (Fsp3) is 0.263. The summed E-state index contributed by atoms with van der Waals surface area (Å²) in [6.45, 7) is 6.37. The molecule has 0 bridgehead atoms. The van der Waals surface area contributed by atoms with Gasteiger partial charge in [-0.2, -0.15) is 0 Å². The number of nitrogens with one attached hydrogen (secondary N) is 2. The molecule has 0 radical (unpaired) electrons. The van der Waals surface area contributed by atoms with Crippen LogP contribution in [-0.2, 0) is 0 Å². The van der Waals surface area contributed by atoms with Crippen LogP contribution in [0.2, 0.25) is 0 Å². The molecule has 0 fully saturated rings. The molecule has 0 saturated heterocycles. The van der Waals surface area contributed by atoms with Gasteiger partial charge in [0.1, 0.15) is 11.5 Å². The van der Waals surface area contributed by atoms with Crippen molar-refractivity contribution < 1.29 is 14.3 Å². The minimum Gasteiger partial charge on any atom is -0.494 e. The van der Waals surface area contributed by atoms with Gasteiger partial charge < -0.3 is 14.8 Å². The third-order valence-corrected chi connectivity index (χ3v) is 3.30. The summed E-state index contributed by atoms with van der Waals surface area (Å²) in [5.74, 6) is 1.08. The van der Waals surface area contributed by atoms with Crippen molar-refractivity contribution in [3.63, 3.8) is 0 Å². The third kappa shape index (κ3) is 6.08. The lowest BCUT2D eigenvalue weighted by Crippen LogP contribution is -2.34. The lowest BCUT2D eigenvalue weighted by atomic mass is 10.2. The molecule has 0 unspecified atom stereocenters. The Labute approximate surface area is 153 Å². The van der Waals surface area contributed by atoms with Crippen LogP contribution in [0.25, 0.3) is 0 Å². The number of thiocarbonyl (C=S) groups is 1. The van der Waals surface area contributed by atoms with E-state index in [-0.39, 0.29) is 17.1 Å². The van der Waals surface area contributed by atoms with E-state index < -0.39 is 0 Å². The van der Waals surface area contributed by atoms with Gasteiger partial charge in [-0.15, -0.1) is 0 Å². The Balaban J connectivity index is 1.98. The number of hydrogen-bond acceptors (Lipinski definition) is 4. The van der Waals surface area contributed by atoms with Gasteiger partial charge in [0.05, 0.1) is 12.7 Å². The van der Waals surface area contributed by atoms with Crippen molar-refractivity contribution in [3.8, 4) is 11.5 Å². The molecule has 2 rings (SSSR count). The van der Waals surface area contributed by atoms with Crippen LogP contribution < -0.4 is 20.1 Å². The number of carbonyl (C=O) groups excluding carboxylic acids is 1. The van der Waals surface area contributed by atoms with Gasteiger partial charge in [0.2, 0.25) is 0 Å². The second-order valence-electron chi connectivity index (χ2n) is 5.56. The molecule has 1 amide bonds. The first-order valence-corrected chi connectivity index (χ1v) is 8.50. The van der Waals surface area contributed by atoms with Crippen molar-refractivity contribution in [1.82, 2.24) is 5.32 Å². The zero-order valence-electron chi connectivity index (χ0n) is 14.5. The molecule has 0 spiro atoms. The molecule has 2 aromatic rings. The van der Waals surface area contributed by atoms with Gasteiger partial charge in [-0.3, -0.25) is 10.1 Å². The Morgan fingerprint density at radius 3 is 2.56 bits per heavy atom. The van der Waals surface area contributed by atoms with Crippen LogP contribution in [0, 0.1) is 0 Å². The number of anilines is 1. The van der Waals surface area contributed by atoms with Crippen LogP contribution in [-0.4, -0.2) is 23.7 Å². The number of hydrogen-bond donors (Lipinski definition) is 2. The SMILES string of the molecule is CCOc1cccc(NC(=S)NC(=O)c2cccc(OC(C)C)c2)c1. The second-order valence-corrected chi connectivity index (χ2v) is 5.97. The Morgan fingerprint density at radius 1 is 1.12 bits per heavy atom. The van der Waals surface area contributed by atoms with Gasteiger partial charge in [0.15, 0.2) is 5.11 Å². The lowest BCUT2D eigenvalue weighted by molar-refractivity contribution is 0.0977. The smallest absolute Gasteiger partial charge is 0.257 e. The third-order valence-electron chi connectivity index (χ3n) is 3.10. The van der Waals surface area contributed by atoms with Gasteiger partial charge in [0, 0.05) is 17.3 Å². The van der Waals surface area contributed by atoms with Gasteiger partial charge in [-0.05, 0) is 63.3 Å². The number of rotatable bonds is 6. The maximum atomic E-state index is 12.3. The highest BCUT2D eigenvalue weighted by atomic mass is 32.1. The zero-order valence-corrected chi connectivity index (χ0v) is 15.4. The molecular weight excluding hydrogens is 336 g/mol. The number of amides is 1. The van der Waals surface area contributed by atoms with E-state index in [1.54, 1.807) is 18.2 Å². The van der Waals surface area contributed by atoms with E-state index in [9.17, 15) is 4.79 Å². The normalized spacial score (nSPS) is 10.2. The molecule has 0 aliphatic carbocycles. The van der Waals surface area contributed by atoms with Crippen molar-refractivity contribution in [2.75, 3.05) is 11.9 Å². The van der Waals surface area contributed by atoms with E-state index in [1.165, 1.54) is 0 Å². The molecule has 0 saturated carbocycles. The summed E-state index contributed by atoms with van der Waals surface area (Å²) in [4.78, 5) is 12.3. The molecule has 0 atom stereocenters. The summed E-state index contributed by atoms with van der Waals surface area (Å²) in [5, 5.41) is 5.85. The van der Waals surface area contributed by atoms with Gasteiger partial charge in [-0.1, -0.05) is 12.1 Å². The topological polar surface area (TPSA) is 59.6 Å². The molecule has 2 aromatic carbocycles. The second kappa shape index (κ2) is 9.03. The quantitative estimate of drug-likeness (QED) is 0.765. The predicted molar refractivity (Wildman–Crippen MR) is 104 cm³/mol. The maximum absolute atomic E-state index is 12.3. The first kappa shape index (κ1) is 18.7. The zero-order chi connectivity index (χ0) is 18.2. The first-order valence-electron chi connectivity index (χ1n) is 8.10. The summed E-state index contributed by atoms with van der Waals surface area (Å²) < 4.78 is 11.0. The monoisotopic (exact) mass is 358 g/mol. The highest BCUT2D eigenvalue weighted by Crippen LogP contribution is 2.17. The van der Waals surface area contributed by atoms with Crippen molar-refractivity contribution in [1.29, 1.82) is 0 Å². The van der Waals surface area contributed by atoms with Crippen LogP contribution in [0.4, 0.5) is 5.69 Å². The average Bonchev–Trinajstić information content (AvgIpc) is 2.55. The molecule has 5 nitrogen and oxygen atoms in total. The highest BCUT2D eigenvalue weighted by molar-refractivity contribution is 7.80. The molecule has 0 aromatic heterocycles. The number of benzene rings is 2. The van der Waals surface area contributed by atoms with Gasteiger partial charge >= 0.3 is 0 Å². The van der Waals surface area contributed by atoms with Crippen LogP contribution in [0.1, 0.15) is 31.1 Å². The molecule has 0 aliphatic rings. The van der Waals surface area contributed by atoms with E-state index in [0.717, 1.165) is 11.4 Å². The fourth-order valence-electron chi connectivity index (χ4n) is 2.15. The van der Waals surface area contributed by atoms with Crippen LogP contribution in [0.3, 0.4) is 0 Å². The molecule has 132 valence electrons. The van der Waals surface area contributed by atoms with E-state index in [2.05, 4.69) is 10.6 Å². The average molecular weight is 358 g/mol. The van der Waals surface area contributed by atoms with Crippen molar-refractivity contribution >= 4 is 28.9 Å². The molecule has 0 aliphatic heterocycles. The van der Waals surface area contributed by atoms with E-state index in [0.29, 0.717) is 17.9 Å². The Kier molecular flexibility index (Phi) is 6.77. The molecule has 6 heteroatoms. The number of carbonyl (C=O) groups is 1. The highest BCUT2D eigenvalue weighted by Gasteiger charge is 2.10. The summed E-state index contributed by atoms with van der Waals surface area (Å²) in [5.41, 5.74) is 1.22. The van der Waals surface area contributed by atoms with Crippen molar-refractivity contribution in [3.05, 3.63) is 54.1 Å². The van der Waals surface area contributed by atoms with E-state index in [1.807, 2.05) is 51.1 Å². The summed E-state index contributed by atoms with van der Waals surface area (Å²) in [7, 11) is 0. The minimum atomic E-state index is -0.298. The molecule has 25 heavy (non-hydrogen) atoms. The Morgan fingerprint density at radius 2 is 1.84 bits per heavy atom. The minimum absolute atomic E-state index is 0.0404. The van der Waals surface area contributed by atoms with E-state index in [4.69, 9.17) is 21.7 Å². The fourth-order valence-corrected chi connectivity index (χ4v) is 2.36. The van der Waals surface area contributed by atoms with E-state index >= 15 is 0 Å².